The first-order chi connectivity index (χ1) is 50.6. The van der Waals surface area contributed by atoms with Gasteiger partial charge in [-0.3, -0.25) is 0 Å². The normalized spacial score (nSPS) is 14.5. The van der Waals surface area contributed by atoms with Gasteiger partial charge in [0, 0.05) is 89.1 Å². The van der Waals surface area contributed by atoms with E-state index in [1.54, 1.807) is 0 Å². The van der Waals surface area contributed by atoms with Crippen molar-refractivity contribution < 1.29 is 0 Å². The third-order valence-electron chi connectivity index (χ3n) is 23.5. The highest BCUT2D eigenvalue weighted by Gasteiger charge is 2.44. The molecule has 0 atom stereocenters. The molecule has 0 N–H and O–H groups in total. The number of aromatic nitrogens is 2. The molecular formula is C100H80N4. The first-order valence-electron chi connectivity index (χ1n) is 36.7. The van der Waals surface area contributed by atoms with Crippen molar-refractivity contribution >= 4 is 55.9 Å². The van der Waals surface area contributed by atoms with Crippen LogP contribution in [0.3, 0.4) is 0 Å². The fourth-order valence-corrected chi connectivity index (χ4v) is 18.5. The van der Waals surface area contributed by atoms with Crippen LogP contribution in [0.15, 0.2) is 340 Å². The highest BCUT2D eigenvalue weighted by Crippen LogP contribution is 2.59. The molecule has 0 saturated carbocycles. The van der Waals surface area contributed by atoms with E-state index in [9.17, 15) is 0 Å². The van der Waals surface area contributed by atoms with E-state index in [4.69, 9.17) is 0 Å². The summed E-state index contributed by atoms with van der Waals surface area (Å²) in [5, 5.41) is 2.58. The maximum Gasteiger partial charge on any atom is 0.0585 e. The summed E-state index contributed by atoms with van der Waals surface area (Å²) in [5.74, 6) is 0. The van der Waals surface area contributed by atoms with Crippen molar-refractivity contribution in [3.8, 4) is 78.4 Å². The quantitative estimate of drug-likeness (QED) is 0.136. The second-order valence-electron chi connectivity index (χ2n) is 30.8. The lowest BCUT2D eigenvalue weighted by atomic mass is 9.81. The van der Waals surface area contributed by atoms with Crippen LogP contribution >= 0.6 is 0 Å². The summed E-state index contributed by atoms with van der Waals surface area (Å²) < 4.78 is 4.98. The highest BCUT2D eigenvalue weighted by atomic mass is 15.2. The molecule has 0 radical (unpaired) electrons. The molecule has 2 heterocycles. The summed E-state index contributed by atoms with van der Waals surface area (Å²) in [4.78, 5) is 4.89. The van der Waals surface area contributed by atoms with Crippen LogP contribution in [-0.2, 0) is 21.7 Å². The Bertz CT molecular complexity index is 5960. The second kappa shape index (κ2) is 23.7. The molecule has 2 aromatic heterocycles. The standard InChI is InChI=1S/C53H44N2.C47H36N2/c1-51(2)43-21-13-10-18-37(43)39-27-24-35(31-46(39)51)54(36-25-28-40-38-19-11-14-22-44(38)52(3,4)47(40)32-36)34-26-29-48-42(30-34)49-50(55(48)33-16-8-7-9-17-33)41-20-12-15-23-45(41)53(49,5)6;1-47(2)43-21-13-12-20-41(43)46-45(47)42-32-40(30-31-44(42)49(46)39-28-24-36(25-29-39)34-16-8-4-9-17-34)48(37-18-10-5-11-19-37)38-26-22-35(23-27-38)33-14-6-3-7-15-33/h7-32H,1-6H3;3-32H,1-2H3. The molecule has 16 aromatic rings. The second-order valence-corrected chi connectivity index (χ2v) is 30.8. The van der Waals surface area contributed by atoms with Crippen LogP contribution in [0.4, 0.5) is 34.1 Å². The molecule has 0 unspecified atom stereocenters. The third-order valence-corrected chi connectivity index (χ3v) is 23.5. The maximum atomic E-state index is 2.51. The number of benzene rings is 14. The topological polar surface area (TPSA) is 16.3 Å². The van der Waals surface area contributed by atoms with E-state index >= 15 is 0 Å². The van der Waals surface area contributed by atoms with Gasteiger partial charge in [0.05, 0.1) is 22.4 Å². The van der Waals surface area contributed by atoms with Gasteiger partial charge in [-0.15, -0.1) is 0 Å². The van der Waals surface area contributed by atoms with Crippen molar-refractivity contribution in [2.45, 2.75) is 77.0 Å². The maximum absolute atomic E-state index is 2.51. The lowest BCUT2D eigenvalue weighted by Crippen LogP contribution is -2.18. The van der Waals surface area contributed by atoms with Crippen LogP contribution in [0.2, 0.25) is 0 Å². The van der Waals surface area contributed by atoms with E-state index in [0.717, 1.165) is 22.7 Å². The lowest BCUT2D eigenvalue weighted by Gasteiger charge is -2.30. The largest absolute Gasteiger partial charge is 0.310 e. The van der Waals surface area contributed by atoms with Gasteiger partial charge in [-0.1, -0.05) is 286 Å². The number of rotatable bonds is 10. The first-order valence-corrected chi connectivity index (χ1v) is 36.7. The Hall–Kier alpha value is -12.2. The zero-order chi connectivity index (χ0) is 70.4. The molecule has 14 aromatic carbocycles. The molecule has 0 spiro atoms. The van der Waals surface area contributed by atoms with Crippen molar-refractivity contribution in [3.63, 3.8) is 0 Å². The van der Waals surface area contributed by atoms with E-state index < -0.39 is 0 Å². The molecule has 4 aliphatic carbocycles. The SMILES string of the molecule is CC1(C)c2ccccc2-c2c1c1cc(N(c3ccccc3)c3ccc(-c4ccccc4)cc3)ccc1n2-c1ccc(-c2ccccc2)cc1.CC1(C)c2ccccc2-c2ccc(N(c3ccc4c(c3)C(C)(C)c3ccccc3-4)c3ccc4c(c3)c3c(n4-c4ccccc4)-c4ccccc4C3(C)C)cc21. The van der Waals surface area contributed by atoms with E-state index in [1.165, 1.54) is 156 Å². The molecule has 0 amide bonds. The summed E-state index contributed by atoms with van der Waals surface area (Å²) >= 11 is 0. The Morgan fingerprint density at radius 1 is 0.212 bits per heavy atom. The van der Waals surface area contributed by atoms with E-state index in [1.807, 2.05) is 0 Å². The molecule has 4 nitrogen and oxygen atoms in total. The minimum absolute atomic E-state index is 0.108. The molecule has 0 saturated heterocycles. The summed E-state index contributed by atoms with van der Waals surface area (Å²) in [6.45, 7) is 19.1. The number of anilines is 6. The van der Waals surface area contributed by atoms with Gasteiger partial charge in [-0.25, -0.2) is 0 Å². The molecule has 4 heteroatoms. The van der Waals surface area contributed by atoms with E-state index in [-0.39, 0.29) is 21.7 Å². The molecule has 0 bridgehead atoms. The Kier molecular flexibility index (Phi) is 14.3. The van der Waals surface area contributed by atoms with Gasteiger partial charge in [0.15, 0.2) is 0 Å². The number of fused-ring (bicyclic) bond motifs is 16. The average molecular weight is 1340 g/mol. The minimum atomic E-state index is -0.166. The van der Waals surface area contributed by atoms with Crippen molar-refractivity contribution in [1.29, 1.82) is 0 Å². The summed E-state index contributed by atoms with van der Waals surface area (Å²) in [5.41, 5.74) is 37.7. The van der Waals surface area contributed by atoms with Gasteiger partial charge in [-0.2, -0.15) is 0 Å². The third kappa shape index (κ3) is 9.58. The smallest absolute Gasteiger partial charge is 0.0585 e. The van der Waals surface area contributed by atoms with Gasteiger partial charge < -0.3 is 18.9 Å². The Labute approximate surface area is 610 Å². The van der Waals surface area contributed by atoms with Gasteiger partial charge >= 0.3 is 0 Å². The van der Waals surface area contributed by atoms with Gasteiger partial charge in [0.25, 0.3) is 0 Å². The molecule has 0 aliphatic heterocycles. The average Bonchev–Trinajstić information content (AvgIpc) is 1.54. The molecule has 0 fully saturated rings. The Morgan fingerprint density at radius 2 is 0.500 bits per heavy atom. The summed E-state index contributed by atoms with van der Waals surface area (Å²) in [6.07, 6.45) is 0. The van der Waals surface area contributed by atoms with Gasteiger partial charge in [0.2, 0.25) is 0 Å². The first kappa shape index (κ1) is 62.7. The number of hydrogen-bond donors (Lipinski definition) is 0. The van der Waals surface area contributed by atoms with Crippen LogP contribution in [0.1, 0.15) is 99.9 Å². The molecular weight excluding hydrogens is 1260 g/mol. The van der Waals surface area contributed by atoms with Crippen LogP contribution < -0.4 is 9.80 Å². The fourth-order valence-electron chi connectivity index (χ4n) is 18.5. The predicted octanol–water partition coefficient (Wildman–Crippen LogP) is 26.8. The zero-order valence-electron chi connectivity index (χ0n) is 60.1. The highest BCUT2D eigenvalue weighted by molar-refractivity contribution is 6.04. The van der Waals surface area contributed by atoms with E-state index in [2.05, 4.69) is 414 Å². The van der Waals surface area contributed by atoms with Crippen LogP contribution in [0, 0.1) is 0 Å². The van der Waals surface area contributed by atoms with Crippen molar-refractivity contribution in [3.05, 3.63) is 384 Å². The zero-order valence-corrected chi connectivity index (χ0v) is 60.1. The van der Waals surface area contributed by atoms with Crippen molar-refractivity contribution in [2.75, 3.05) is 9.80 Å². The molecule has 4 aliphatic rings. The number of nitrogens with zero attached hydrogens (tertiary/aromatic N) is 4. The molecule has 104 heavy (non-hydrogen) atoms. The van der Waals surface area contributed by atoms with Crippen LogP contribution in [-0.4, -0.2) is 9.13 Å². The number of para-hydroxylation sites is 2. The summed E-state index contributed by atoms with van der Waals surface area (Å²) in [7, 11) is 0. The molecule has 20 rings (SSSR count). The fraction of sp³-hybridized carbons (Fsp3) is 0.120. The summed E-state index contributed by atoms with van der Waals surface area (Å²) in [6, 6.07) is 125. The van der Waals surface area contributed by atoms with Crippen molar-refractivity contribution in [2.24, 2.45) is 0 Å². The predicted molar refractivity (Wildman–Crippen MR) is 437 cm³/mol. The van der Waals surface area contributed by atoms with E-state index in [0.29, 0.717) is 0 Å². The Morgan fingerprint density at radius 3 is 0.933 bits per heavy atom. The van der Waals surface area contributed by atoms with Crippen molar-refractivity contribution in [1.82, 2.24) is 9.13 Å². The Balaban J connectivity index is 0.000000144. The minimum Gasteiger partial charge on any atom is -0.310 e. The van der Waals surface area contributed by atoms with Crippen LogP contribution in [0.5, 0.6) is 0 Å². The van der Waals surface area contributed by atoms with Gasteiger partial charge in [-0.05, 0) is 198 Å². The molecule has 500 valence electrons. The number of hydrogen-bond acceptors (Lipinski definition) is 2. The van der Waals surface area contributed by atoms with Gasteiger partial charge in [0.1, 0.15) is 0 Å². The van der Waals surface area contributed by atoms with Crippen LogP contribution in [0.25, 0.3) is 100 Å². The lowest BCUT2D eigenvalue weighted by molar-refractivity contribution is 0.660. The monoisotopic (exact) mass is 1340 g/mol.